The van der Waals surface area contributed by atoms with E-state index in [2.05, 4.69) is 10.6 Å². The number of anilines is 2. The second-order valence-electron chi connectivity index (χ2n) is 7.44. The number of nitrogens with zero attached hydrogens (tertiary/aromatic N) is 2. The summed E-state index contributed by atoms with van der Waals surface area (Å²) < 4.78 is 15.2. The molecule has 1 aromatic carbocycles. The normalized spacial score (nSPS) is 13.0. The van der Waals surface area contributed by atoms with Crippen LogP contribution in [0.4, 0.5) is 16.4 Å². The van der Waals surface area contributed by atoms with Crippen LogP contribution in [0.3, 0.4) is 0 Å². The minimum Gasteiger partial charge on any atom is -0.465 e. The van der Waals surface area contributed by atoms with Gasteiger partial charge in [0.25, 0.3) is 11.6 Å². The van der Waals surface area contributed by atoms with Gasteiger partial charge in [-0.25, -0.2) is 9.59 Å². The third kappa shape index (κ3) is 5.95. The topological polar surface area (TPSA) is 149 Å². The van der Waals surface area contributed by atoms with Gasteiger partial charge in [-0.2, -0.15) is 0 Å². The van der Waals surface area contributed by atoms with Crippen LogP contribution in [0.15, 0.2) is 18.2 Å². The number of thiocarbonyl (C=S) groups is 1. The molecule has 2 heterocycles. The van der Waals surface area contributed by atoms with E-state index in [4.69, 9.17) is 26.4 Å². The van der Waals surface area contributed by atoms with Crippen LogP contribution in [0.2, 0.25) is 0 Å². The first-order valence-electron chi connectivity index (χ1n) is 10.8. The Balaban J connectivity index is 1.88. The smallest absolute Gasteiger partial charge is 0.348 e. The molecule has 0 unspecified atom stereocenters. The van der Waals surface area contributed by atoms with Gasteiger partial charge in [0.05, 0.1) is 48.7 Å². The molecule has 1 aliphatic rings. The van der Waals surface area contributed by atoms with Crippen LogP contribution in [0.5, 0.6) is 0 Å². The maximum Gasteiger partial charge on any atom is 0.348 e. The molecule has 14 heteroatoms. The molecular weight excluding hydrogens is 512 g/mol. The number of thiophene rings is 1. The molecule has 1 fully saturated rings. The van der Waals surface area contributed by atoms with Crippen LogP contribution in [0.25, 0.3) is 0 Å². The summed E-state index contributed by atoms with van der Waals surface area (Å²) in [6.45, 7) is 5.25. The lowest BCUT2D eigenvalue weighted by Gasteiger charge is -2.30. The van der Waals surface area contributed by atoms with Gasteiger partial charge in [-0.3, -0.25) is 20.2 Å². The lowest BCUT2D eigenvalue weighted by atomic mass is 10.1. The van der Waals surface area contributed by atoms with Crippen molar-refractivity contribution in [3.8, 4) is 0 Å². The molecule has 1 aliphatic heterocycles. The summed E-state index contributed by atoms with van der Waals surface area (Å²) in [5.74, 6) is -2.00. The molecule has 192 valence electrons. The number of non-ortho nitro benzene ring substituents is 1. The number of amides is 1. The molecule has 1 saturated heterocycles. The Morgan fingerprint density at radius 2 is 1.94 bits per heavy atom. The number of esters is 2. The van der Waals surface area contributed by atoms with Crippen LogP contribution in [-0.4, -0.2) is 67.9 Å². The second kappa shape index (κ2) is 11.9. The Morgan fingerprint density at radius 1 is 1.25 bits per heavy atom. The Morgan fingerprint density at radius 3 is 2.56 bits per heavy atom. The summed E-state index contributed by atoms with van der Waals surface area (Å²) in [7, 11) is 1.22. The zero-order chi connectivity index (χ0) is 26.4. The molecule has 2 N–H and O–H groups in total. The van der Waals surface area contributed by atoms with Gasteiger partial charge in [-0.1, -0.05) is 0 Å². The summed E-state index contributed by atoms with van der Waals surface area (Å²) in [5.41, 5.74) is 0.727. The molecule has 1 amide bonds. The van der Waals surface area contributed by atoms with E-state index < -0.39 is 22.8 Å². The van der Waals surface area contributed by atoms with Crippen molar-refractivity contribution in [1.82, 2.24) is 5.32 Å². The van der Waals surface area contributed by atoms with E-state index in [1.54, 1.807) is 13.8 Å². The average Bonchev–Trinajstić information content (AvgIpc) is 3.19. The first kappa shape index (κ1) is 27.0. The fraction of sp³-hybridized carbons (Fsp3) is 0.364. The number of nitro benzene ring substituents is 1. The maximum absolute atomic E-state index is 13.2. The molecule has 12 nitrogen and oxygen atoms in total. The van der Waals surface area contributed by atoms with Gasteiger partial charge >= 0.3 is 11.9 Å². The minimum absolute atomic E-state index is 0.0541. The molecule has 0 radical (unpaired) electrons. The largest absolute Gasteiger partial charge is 0.465 e. The Labute approximate surface area is 215 Å². The van der Waals surface area contributed by atoms with Gasteiger partial charge in [0, 0.05) is 25.2 Å². The van der Waals surface area contributed by atoms with E-state index in [9.17, 15) is 24.5 Å². The van der Waals surface area contributed by atoms with Crippen LogP contribution in [0.1, 0.15) is 42.9 Å². The van der Waals surface area contributed by atoms with Gasteiger partial charge in [0.2, 0.25) is 0 Å². The molecule has 0 spiro atoms. The zero-order valence-corrected chi connectivity index (χ0v) is 21.4. The van der Waals surface area contributed by atoms with Crippen molar-refractivity contribution < 1.29 is 33.5 Å². The molecule has 3 rings (SSSR count). The highest BCUT2D eigenvalue weighted by Gasteiger charge is 2.28. The fourth-order valence-electron chi connectivity index (χ4n) is 3.54. The van der Waals surface area contributed by atoms with E-state index in [0.29, 0.717) is 37.6 Å². The Kier molecular flexibility index (Phi) is 8.90. The molecule has 2 aromatic rings. The van der Waals surface area contributed by atoms with E-state index >= 15 is 0 Å². The number of carbonyl (C=O) groups excluding carboxylic acids is 3. The molecule has 0 atom stereocenters. The van der Waals surface area contributed by atoms with Crippen molar-refractivity contribution in [2.75, 3.05) is 50.2 Å². The van der Waals surface area contributed by atoms with Crippen molar-refractivity contribution in [1.29, 1.82) is 0 Å². The number of rotatable bonds is 7. The number of nitrogens with one attached hydrogen (secondary N) is 2. The Bertz CT molecular complexity index is 1210. The summed E-state index contributed by atoms with van der Waals surface area (Å²) in [5, 5.41) is 16.6. The van der Waals surface area contributed by atoms with Crippen molar-refractivity contribution >= 4 is 62.9 Å². The predicted molar refractivity (Wildman–Crippen MR) is 136 cm³/mol. The summed E-state index contributed by atoms with van der Waals surface area (Å²) in [6, 6.07) is 4.02. The van der Waals surface area contributed by atoms with E-state index in [0.717, 1.165) is 11.3 Å². The molecule has 1 aromatic heterocycles. The molecule has 0 aliphatic carbocycles. The van der Waals surface area contributed by atoms with Gasteiger partial charge in [0.1, 0.15) is 9.88 Å². The van der Waals surface area contributed by atoms with Crippen LogP contribution >= 0.6 is 23.6 Å². The first-order chi connectivity index (χ1) is 17.2. The highest BCUT2D eigenvalue weighted by molar-refractivity contribution is 7.80. The third-order valence-electron chi connectivity index (χ3n) is 5.24. The molecule has 36 heavy (non-hydrogen) atoms. The lowest BCUT2D eigenvalue weighted by Crippen LogP contribution is -2.39. The van der Waals surface area contributed by atoms with Gasteiger partial charge in [0.15, 0.2) is 5.11 Å². The number of ether oxygens (including phenoxy) is 3. The summed E-state index contributed by atoms with van der Waals surface area (Å²) in [6.07, 6.45) is 0. The molecule has 0 saturated carbocycles. The minimum atomic E-state index is -0.683. The summed E-state index contributed by atoms with van der Waals surface area (Å²) in [4.78, 5) is 50.6. The number of hydrogen-bond acceptors (Lipinski definition) is 11. The fourth-order valence-corrected chi connectivity index (χ4v) is 4.92. The Hall–Kier alpha value is -3.62. The average molecular weight is 537 g/mol. The van der Waals surface area contributed by atoms with E-state index in [1.807, 2.05) is 4.90 Å². The van der Waals surface area contributed by atoms with Crippen molar-refractivity contribution in [2.45, 2.75) is 13.8 Å². The SMILES string of the molecule is CCOC(=O)c1c(NC(=S)NC(=O)c2cc([N+](=O)[O-])ccc2N2CCOCC2)sc(C(=O)OC)c1C. The lowest BCUT2D eigenvalue weighted by molar-refractivity contribution is -0.384. The van der Waals surface area contributed by atoms with E-state index in [-0.39, 0.29) is 38.4 Å². The van der Waals surface area contributed by atoms with Crippen LogP contribution in [-0.2, 0) is 14.2 Å². The van der Waals surface area contributed by atoms with Crippen molar-refractivity contribution in [3.63, 3.8) is 0 Å². The summed E-state index contributed by atoms with van der Waals surface area (Å²) >= 11 is 6.20. The molecular formula is C22H24N4O8S2. The number of benzene rings is 1. The monoisotopic (exact) mass is 536 g/mol. The highest BCUT2D eigenvalue weighted by atomic mass is 32.1. The van der Waals surface area contributed by atoms with Crippen LogP contribution in [0, 0.1) is 17.0 Å². The number of methoxy groups -OCH3 is 1. The standard InChI is InChI=1S/C22H24N4O8S2/c1-4-34-20(28)16-12(2)17(21(29)32-3)36-19(16)24-22(35)23-18(27)14-11-13(26(30)31)5-6-15(14)25-7-9-33-10-8-25/h5-6,11H,4,7-10H2,1-3H3,(H2,23,24,27,35). The zero-order valence-electron chi connectivity index (χ0n) is 19.7. The molecule has 0 bridgehead atoms. The first-order valence-corrected chi connectivity index (χ1v) is 12.0. The van der Waals surface area contributed by atoms with E-state index in [1.165, 1.54) is 25.3 Å². The predicted octanol–water partition coefficient (Wildman–Crippen LogP) is 2.89. The van der Waals surface area contributed by atoms with Crippen molar-refractivity contribution in [2.24, 2.45) is 0 Å². The third-order valence-corrected chi connectivity index (χ3v) is 6.63. The number of nitro groups is 1. The number of hydrogen-bond donors (Lipinski definition) is 2. The van der Waals surface area contributed by atoms with Crippen molar-refractivity contribution in [3.05, 3.63) is 49.9 Å². The van der Waals surface area contributed by atoms with Gasteiger partial charge < -0.3 is 24.4 Å². The second-order valence-corrected chi connectivity index (χ2v) is 8.87. The number of carbonyl (C=O) groups is 3. The number of morpholine rings is 1. The quantitative estimate of drug-likeness (QED) is 0.233. The van der Waals surface area contributed by atoms with Crippen LogP contribution < -0.4 is 15.5 Å². The van der Waals surface area contributed by atoms with Gasteiger partial charge in [-0.15, -0.1) is 11.3 Å². The van der Waals surface area contributed by atoms with Gasteiger partial charge in [-0.05, 0) is 37.7 Å². The highest BCUT2D eigenvalue weighted by Crippen LogP contribution is 2.34. The maximum atomic E-state index is 13.2.